The van der Waals surface area contributed by atoms with Crippen molar-refractivity contribution in [2.24, 2.45) is 17.3 Å². The van der Waals surface area contributed by atoms with Gasteiger partial charge in [0.15, 0.2) is 0 Å². The number of piperidine rings is 1. The van der Waals surface area contributed by atoms with Crippen molar-refractivity contribution >= 4 is 17.8 Å². The maximum Gasteiger partial charge on any atom is 0.313 e. The molecule has 0 aromatic carbocycles. The Morgan fingerprint density at radius 1 is 1.38 bits per heavy atom. The predicted octanol–water partition coefficient (Wildman–Crippen LogP) is 0.190. The number of ether oxygens (including phenoxy) is 1. The number of hydrogen-bond acceptors (Lipinski definition) is 4. The van der Waals surface area contributed by atoms with Crippen LogP contribution >= 0.6 is 0 Å². The van der Waals surface area contributed by atoms with Crippen LogP contribution in [0.25, 0.3) is 0 Å². The number of imide groups is 1. The lowest BCUT2D eigenvalue weighted by Crippen LogP contribution is -2.44. The minimum Gasteiger partial charge on any atom is -0.469 e. The van der Waals surface area contributed by atoms with Gasteiger partial charge in [0.1, 0.15) is 0 Å². The Hall–Kier alpha value is -1.39. The number of rotatable bonds is 3. The lowest BCUT2D eigenvalue weighted by molar-refractivity contribution is -0.154. The summed E-state index contributed by atoms with van der Waals surface area (Å²) in [6, 6.07) is 0. The SMILES string of the molecule is COC(=O)C(C)(C)CN1C(=O)C2CC2C1=O. The zero-order valence-electron chi connectivity index (χ0n) is 9.65. The smallest absolute Gasteiger partial charge is 0.313 e. The molecular formula is C11H15NO4. The molecule has 0 spiro atoms. The van der Waals surface area contributed by atoms with E-state index in [1.807, 2.05) is 0 Å². The van der Waals surface area contributed by atoms with E-state index in [2.05, 4.69) is 4.74 Å². The normalized spacial score (nSPS) is 28.1. The molecular weight excluding hydrogens is 210 g/mol. The van der Waals surface area contributed by atoms with Crippen LogP contribution in [0.5, 0.6) is 0 Å². The van der Waals surface area contributed by atoms with Crippen LogP contribution in [0.2, 0.25) is 0 Å². The number of carbonyl (C=O) groups excluding carboxylic acids is 3. The molecule has 1 aliphatic heterocycles. The fourth-order valence-electron chi connectivity index (χ4n) is 2.14. The monoisotopic (exact) mass is 225 g/mol. The third-order valence-corrected chi connectivity index (χ3v) is 3.25. The van der Waals surface area contributed by atoms with Gasteiger partial charge in [-0.3, -0.25) is 19.3 Å². The van der Waals surface area contributed by atoms with E-state index in [9.17, 15) is 14.4 Å². The van der Waals surface area contributed by atoms with E-state index >= 15 is 0 Å². The van der Waals surface area contributed by atoms with Crippen LogP contribution in [0.4, 0.5) is 0 Å². The topological polar surface area (TPSA) is 63.7 Å². The second-order valence-corrected chi connectivity index (χ2v) is 5.09. The average molecular weight is 225 g/mol. The zero-order valence-corrected chi connectivity index (χ0v) is 9.65. The molecule has 2 atom stereocenters. The van der Waals surface area contributed by atoms with Crippen LogP contribution in [0.3, 0.4) is 0 Å². The molecule has 1 saturated heterocycles. The van der Waals surface area contributed by atoms with Crippen molar-refractivity contribution in [1.82, 2.24) is 4.90 Å². The highest BCUT2D eigenvalue weighted by atomic mass is 16.5. The number of hydrogen-bond donors (Lipinski definition) is 0. The molecule has 0 N–H and O–H groups in total. The molecule has 0 radical (unpaired) electrons. The highest BCUT2D eigenvalue weighted by Gasteiger charge is 2.59. The Morgan fingerprint density at radius 2 is 1.88 bits per heavy atom. The van der Waals surface area contributed by atoms with Crippen LogP contribution < -0.4 is 0 Å². The van der Waals surface area contributed by atoms with Crippen molar-refractivity contribution in [3.05, 3.63) is 0 Å². The second kappa shape index (κ2) is 3.30. The van der Waals surface area contributed by atoms with Gasteiger partial charge in [-0.25, -0.2) is 0 Å². The van der Waals surface area contributed by atoms with Crippen molar-refractivity contribution < 1.29 is 19.1 Å². The van der Waals surface area contributed by atoms with Gasteiger partial charge >= 0.3 is 5.97 Å². The number of esters is 1. The molecule has 2 rings (SSSR count). The molecule has 0 aromatic heterocycles. The van der Waals surface area contributed by atoms with E-state index in [1.165, 1.54) is 12.0 Å². The molecule has 0 aromatic rings. The highest BCUT2D eigenvalue weighted by molar-refractivity contribution is 6.09. The summed E-state index contributed by atoms with van der Waals surface area (Å²) in [5, 5.41) is 0. The Balaban J connectivity index is 2.08. The lowest BCUT2D eigenvalue weighted by Gasteiger charge is -2.27. The van der Waals surface area contributed by atoms with Crippen molar-refractivity contribution in [1.29, 1.82) is 0 Å². The summed E-state index contributed by atoms with van der Waals surface area (Å²) in [5.41, 5.74) is -0.836. The van der Waals surface area contributed by atoms with Gasteiger partial charge in [-0.2, -0.15) is 0 Å². The Labute approximate surface area is 93.7 Å². The fourth-order valence-corrected chi connectivity index (χ4v) is 2.14. The van der Waals surface area contributed by atoms with Gasteiger partial charge < -0.3 is 4.74 Å². The van der Waals surface area contributed by atoms with E-state index in [4.69, 9.17) is 0 Å². The summed E-state index contributed by atoms with van der Waals surface area (Å²) in [4.78, 5) is 36.1. The molecule has 2 unspecified atom stereocenters. The van der Waals surface area contributed by atoms with Crippen LogP contribution in [0.1, 0.15) is 20.3 Å². The molecule has 0 bridgehead atoms. The molecule has 5 heteroatoms. The van der Waals surface area contributed by atoms with E-state index < -0.39 is 11.4 Å². The van der Waals surface area contributed by atoms with Crippen molar-refractivity contribution in [2.75, 3.05) is 13.7 Å². The predicted molar refractivity (Wildman–Crippen MR) is 54.1 cm³/mol. The van der Waals surface area contributed by atoms with Crippen LogP contribution in [0.15, 0.2) is 0 Å². The Bertz CT molecular complexity index is 354. The van der Waals surface area contributed by atoms with Gasteiger partial charge in [-0.05, 0) is 20.3 Å². The van der Waals surface area contributed by atoms with Gasteiger partial charge in [0.05, 0.1) is 24.4 Å². The summed E-state index contributed by atoms with van der Waals surface area (Å²) in [5.74, 6) is -0.894. The first-order valence-corrected chi connectivity index (χ1v) is 5.32. The lowest BCUT2D eigenvalue weighted by atomic mass is 9.93. The van der Waals surface area contributed by atoms with E-state index in [0.717, 1.165) is 0 Å². The average Bonchev–Trinajstić information content (AvgIpc) is 2.98. The minimum atomic E-state index is -0.836. The number of amides is 2. The molecule has 2 amide bonds. The summed E-state index contributed by atoms with van der Waals surface area (Å²) in [6.07, 6.45) is 0.687. The van der Waals surface area contributed by atoms with E-state index in [-0.39, 0.29) is 30.2 Å². The molecule has 5 nitrogen and oxygen atoms in total. The van der Waals surface area contributed by atoms with Crippen LogP contribution in [0, 0.1) is 17.3 Å². The second-order valence-electron chi connectivity index (χ2n) is 5.09. The molecule has 1 aliphatic carbocycles. The molecule has 2 fully saturated rings. The zero-order chi connectivity index (χ0) is 12.1. The van der Waals surface area contributed by atoms with E-state index in [0.29, 0.717) is 6.42 Å². The molecule has 88 valence electrons. The Morgan fingerprint density at radius 3 is 2.31 bits per heavy atom. The van der Waals surface area contributed by atoms with Gasteiger partial charge in [-0.1, -0.05) is 0 Å². The first kappa shape index (κ1) is 11.1. The number of likely N-dealkylation sites (tertiary alicyclic amines) is 1. The molecule has 1 saturated carbocycles. The van der Waals surface area contributed by atoms with Gasteiger partial charge in [-0.15, -0.1) is 0 Å². The summed E-state index contributed by atoms with van der Waals surface area (Å²) in [6.45, 7) is 3.46. The number of carbonyl (C=O) groups is 3. The van der Waals surface area contributed by atoms with Gasteiger partial charge in [0.2, 0.25) is 11.8 Å². The first-order valence-electron chi connectivity index (χ1n) is 5.32. The Kier molecular flexibility index (Phi) is 2.29. The van der Waals surface area contributed by atoms with Crippen LogP contribution in [-0.4, -0.2) is 36.3 Å². The third kappa shape index (κ3) is 1.50. The van der Waals surface area contributed by atoms with Gasteiger partial charge in [0, 0.05) is 6.54 Å². The first-order chi connectivity index (χ1) is 7.38. The molecule has 16 heavy (non-hydrogen) atoms. The van der Waals surface area contributed by atoms with Crippen molar-refractivity contribution in [3.63, 3.8) is 0 Å². The van der Waals surface area contributed by atoms with Crippen molar-refractivity contribution in [2.45, 2.75) is 20.3 Å². The fraction of sp³-hybridized carbons (Fsp3) is 0.727. The summed E-state index contributed by atoms with van der Waals surface area (Å²) in [7, 11) is 1.30. The highest BCUT2D eigenvalue weighted by Crippen LogP contribution is 2.47. The minimum absolute atomic E-state index is 0.110. The number of nitrogens with zero attached hydrogens (tertiary/aromatic N) is 1. The third-order valence-electron chi connectivity index (χ3n) is 3.25. The van der Waals surface area contributed by atoms with Crippen molar-refractivity contribution in [3.8, 4) is 0 Å². The molecule has 1 heterocycles. The van der Waals surface area contributed by atoms with Crippen LogP contribution in [-0.2, 0) is 19.1 Å². The van der Waals surface area contributed by atoms with E-state index in [1.54, 1.807) is 13.8 Å². The number of methoxy groups -OCH3 is 1. The number of fused-ring (bicyclic) bond motifs is 1. The maximum atomic E-state index is 11.7. The standard InChI is InChI=1S/C11H15NO4/c1-11(2,10(15)16-3)5-12-8(13)6-4-7(6)9(12)14/h6-7H,4-5H2,1-3H3. The maximum absolute atomic E-state index is 11.7. The molecule has 2 aliphatic rings. The largest absolute Gasteiger partial charge is 0.469 e. The summed E-state index contributed by atoms with van der Waals surface area (Å²) < 4.78 is 4.65. The van der Waals surface area contributed by atoms with Gasteiger partial charge in [0.25, 0.3) is 0 Å². The summed E-state index contributed by atoms with van der Waals surface area (Å²) >= 11 is 0. The quantitative estimate of drug-likeness (QED) is 0.508.